The number of ether oxygens (including phenoxy) is 1. The van der Waals surface area contributed by atoms with Gasteiger partial charge in [-0.1, -0.05) is 39.3 Å². The van der Waals surface area contributed by atoms with Crippen molar-refractivity contribution in [3.8, 4) is 16.3 Å². The molecule has 204 valence electrons. The maximum atomic E-state index is 13.0. The molecular weight excluding hydrogens is 515 g/mol. The van der Waals surface area contributed by atoms with E-state index in [1.807, 2.05) is 20.8 Å². The zero-order chi connectivity index (χ0) is 28.3. The van der Waals surface area contributed by atoms with Crippen LogP contribution in [-0.2, 0) is 17.4 Å². The third-order valence-corrected chi connectivity index (χ3v) is 7.76. The molecule has 0 bridgehead atoms. The van der Waals surface area contributed by atoms with E-state index in [2.05, 4.69) is 4.98 Å². The summed E-state index contributed by atoms with van der Waals surface area (Å²) in [7, 11) is 0. The van der Waals surface area contributed by atoms with Gasteiger partial charge in [0, 0.05) is 22.4 Å². The minimum absolute atomic E-state index is 0.0898. The quantitative estimate of drug-likeness (QED) is 0.246. The van der Waals surface area contributed by atoms with Gasteiger partial charge in [0.05, 0.1) is 11.3 Å². The van der Waals surface area contributed by atoms with Crippen LogP contribution in [-0.4, -0.2) is 27.4 Å². The second-order valence-corrected chi connectivity index (χ2v) is 10.9. The highest BCUT2D eigenvalue weighted by atomic mass is 32.1. The molecular formula is C29H32F3NO4S. The van der Waals surface area contributed by atoms with Gasteiger partial charge in [-0.15, -0.1) is 11.3 Å². The zero-order valence-electron chi connectivity index (χ0n) is 22.1. The Morgan fingerprint density at radius 3 is 2.29 bits per heavy atom. The number of aliphatic carboxylic acids is 1. The van der Waals surface area contributed by atoms with Crippen LogP contribution in [0.3, 0.4) is 0 Å². The molecule has 0 saturated carbocycles. The van der Waals surface area contributed by atoms with E-state index in [-0.39, 0.29) is 18.1 Å². The number of carbonyl (C=O) groups is 2. The predicted octanol–water partition coefficient (Wildman–Crippen LogP) is 8.10. The molecule has 5 nitrogen and oxygen atoms in total. The number of hydrogen-bond acceptors (Lipinski definition) is 5. The van der Waals surface area contributed by atoms with Crippen molar-refractivity contribution in [2.45, 2.75) is 78.0 Å². The summed E-state index contributed by atoms with van der Waals surface area (Å²) in [5, 5.41) is 10.2. The van der Waals surface area contributed by atoms with Gasteiger partial charge in [0.2, 0.25) is 5.60 Å². The normalized spacial score (nSPS) is 13.4. The van der Waals surface area contributed by atoms with E-state index in [4.69, 9.17) is 4.74 Å². The molecule has 2 aromatic carbocycles. The number of Topliss-reactive ketones (excluding diaryl/α,β-unsaturated/α-hetero) is 1. The van der Waals surface area contributed by atoms with E-state index in [0.717, 1.165) is 22.7 Å². The highest BCUT2D eigenvalue weighted by molar-refractivity contribution is 7.15. The molecule has 1 atom stereocenters. The Bertz CT molecular complexity index is 1300. The minimum Gasteiger partial charge on any atom is -0.478 e. The fraction of sp³-hybridized carbons (Fsp3) is 0.414. The van der Waals surface area contributed by atoms with Crippen LogP contribution < -0.4 is 4.74 Å². The van der Waals surface area contributed by atoms with E-state index in [9.17, 15) is 27.9 Å². The molecule has 0 aliphatic carbocycles. The van der Waals surface area contributed by atoms with E-state index < -0.39 is 23.3 Å². The Morgan fingerprint density at radius 2 is 1.76 bits per heavy atom. The van der Waals surface area contributed by atoms with Gasteiger partial charge in [-0.2, -0.15) is 13.2 Å². The summed E-state index contributed by atoms with van der Waals surface area (Å²) in [6.45, 7) is 9.23. The zero-order valence-corrected chi connectivity index (χ0v) is 22.9. The number of halogens is 3. The molecule has 1 unspecified atom stereocenters. The maximum Gasteiger partial charge on any atom is 0.416 e. The lowest BCUT2D eigenvalue weighted by atomic mass is 9.99. The first-order valence-corrected chi connectivity index (χ1v) is 13.3. The van der Waals surface area contributed by atoms with Gasteiger partial charge in [-0.3, -0.25) is 4.79 Å². The molecule has 0 spiro atoms. The number of alkyl halides is 3. The van der Waals surface area contributed by atoms with Crippen LogP contribution in [0.15, 0.2) is 42.5 Å². The third-order valence-electron chi connectivity index (χ3n) is 6.31. The highest BCUT2D eigenvalue weighted by Gasteiger charge is 2.35. The first kappa shape index (κ1) is 29.4. The van der Waals surface area contributed by atoms with Gasteiger partial charge in [-0.25, -0.2) is 9.78 Å². The number of aromatic nitrogens is 1. The van der Waals surface area contributed by atoms with Crippen molar-refractivity contribution >= 4 is 23.1 Å². The molecule has 0 amide bonds. The fourth-order valence-corrected chi connectivity index (χ4v) is 5.27. The van der Waals surface area contributed by atoms with Gasteiger partial charge in [0.15, 0.2) is 5.78 Å². The number of benzene rings is 2. The predicted molar refractivity (Wildman–Crippen MR) is 142 cm³/mol. The number of aryl methyl sites for hydroxylation is 2. The molecule has 0 radical (unpaired) electrons. The number of hydrogen-bond donors (Lipinski definition) is 1. The number of ketones is 1. The van der Waals surface area contributed by atoms with Crippen molar-refractivity contribution in [3.05, 3.63) is 69.7 Å². The summed E-state index contributed by atoms with van der Waals surface area (Å²) in [6, 6.07) is 9.90. The van der Waals surface area contributed by atoms with Gasteiger partial charge in [-0.05, 0) is 68.5 Å². The van der Waals surface area contributed by atoms with Crippen LogP contribution in [0.5, 0.6) is 5.75 Å². The standard InChI is InChI=1S/C29H32F3NO4S/c1-6-15-28(5,27(35)36)37-24-14-9-20(16-18(24)4)23(34)13-12-22-25(17(2)3)38-26(33-22)19-7-10-21(11-8-19)29(30,31)32/h7-11,14,16-17H,6,12-13,15H2,1-5H3,(H,35,36). The van der Waals surface area contributed by atoms with Crippen LogP contribution in [0.1, 0.15) is 84.9 Å². The van der Waals surface area contributed by atoms with Crippen LogP contribution in [0.25, 0.3) is 10.6 Å². The first-order chi connectivity index (χ1) is 17.7. The molecule has 0 aliphatic rings. The van der Waals surface area contributed by atoms with Crippen LogP contribution >= 0.6 is 11.3 Å². The number of thiazole rings is 1. The van der Waals surface area contributed by atoms with Crippen molar-refractivity contribution < 1.29 is 32.6 Å². The molecule has 3 aromatic rings. The molecule has 38 heavy (non-hydrogen) atoms. The monoisotopic (exact) mass is 547 g/mol. The molecule has 0 aliphatic heterocycles. The average Bonchev–Trinajstić information content (AvgIpc) is 3.28. The fourth-order valence-electron chi connectivity index (χ4n) is 4.15. The Kier molecular flexibility index (Phi) is 9.02. The van der Waals surface area contributed by atoms with E-state index in [1.54, 1.807) is 25.1 Å². The summed E-state index contributed by atoms with van der Waals surface area (Å²) in [5.74, 6) is -0.569. The lowest BCUT2D eigenvalue weighted by Gasteiger charge is -2.27. The summed E-state index contributed by atoms with van der Waals surface area (Å²) in [5.41, 5.74) is 0.463. The van der Waals surface area contributed by atoms with Crippen molar-refractivity contribution in [2.75, 3.05) is 0 Å². The Hall–Kier alpha value is -3.20. The summed E-state index contributed by atoms with van der Waals surface area (Å²) in [4.78, 5) is 30.4. The van der Waals surface area contributed by atoms with Gasteiger partial charge >= 0.3 is 12.1 Å². The van der Waals surface area contributed by atoms with Gasteiger partial charge in [0.25, 0.3) is 0 Å². The first-order valence-electron chi connectivity index (χ1n) is 12.5. The number of nitrogens with zero attached hydrogens (tertiary/aromatic N) is 1. The van der Waals surface area contributed by atoms with Gasteiger partial charge in [0.1, 0.15) is 10.8 Å². The Balaban J connectivity index is 1.75. The van der Waals surface area contributed by atoms with Crippen LogP contribution in [0.2, 0.25) is 0 Å². The second kappa shape index (κ2) is 11.7. The number of rotatable bonds is 11. The maximum absolute atomic E-state index is 13.0. The van der Waals surface area contributed by atoms with E-state index in [1.165, 1.54) is 30.4 Å². The van der Waals surface area contributed by atoms with Gasteiger partial charge < -0.3 is 9.84 Å². The average molecular weight is 548 g/mol. The van der Waals surface area contributed by atoms with E-state index in [0.29, 0.717) is 46.7 Å². The molecule has 1 N–H and O–H groups in total. The van der Waals surface area contributed by atoms with Crippen molar-refractivity contribution in [1.82, 2.24) is 4.98 Å². The van der Waals surface area contributed by atoms with Crippen molar-refractivity contribution in [2.24, 2.45) is 0 Å². The molecule has 1 aromatic heterocycles. The Labute approximate surface area is 224 Å². The third kappa shape index (κ3) is 6.81. The van der Waals surface area contributed by atoms with Crippen molar-refractivity contribution in [3.63, 3.8) is 0 Å². The van der Waals surface area contributed by atoms with Crippen molar-refractivity contribution in [1.29, 1.82) is 0 Å². The molecule has 1 heterocycles. The molecule has 0 saturated heterocycles. The topological polar surface area (TPSA) is 76.5 Å². The Morgan fingerprint density at radius 1 is 1.11 bits per heavy atom. The number of carbonyl (C=O) groups excluding carboxylic acids is 1. The summed E-state index contributed by atoms with van der Waals surface area (Å²) in [6.07, 6.45) is -2.80. The lowest BCUT2D eigenvalue weighted by Crippen LogP contribution is -2.41. The molecule has 0 fully saturated rings. The lowest BCUT2D eigenvalue weighted by molar-refractivity contribution is -0.154. The smallest absolute Gasteiger partial charge is 0.416 e. The highest BCUT2D eigenvalue weighted by Crippen LogP contribution is 2.36. The number of carboxylic acid groups (broad SMARTS) is 1. The molecule has 3 rings (SSSR count). The largest absolute Gasteiger partial charge is 0.478 e. The SMILES string of the molecule is CCCC(C)(Oc1ccc(C(=O)CCc2nc(-c3ccc(C(F)(F)F)cc3)sc2C(C)C)cc1C)C(=O)O. The second-order valence-electron chi connectivity index (χ2n) is 9.85. The number of carboxylic acids is 1. The van der Waals surface area contributed by atoms with Crippen LogP contribution in [0.4, 0.5) is 13.2 Å². The molecule has 9 heteroatoms. The summed E-state index contributed by atoms with van der Waals surface area (Å²) < 4.78 is 44.6. The minimum atomic E-state index is -4.40. The summed E-state index contributed by atoms with van der Waals surface area (Å²) >= 11 is 1.43. The van der Waals surface area contributed by atoms with Crippen LogP contribution in [0, 0.1) is 6.92 Å². The van der Waals surface area contributed by atoms with E-state index >= 15 is 0 Å².